The van der Waals surface area contributed by atoms with Crippen LogP contribution in [0, 0.1) is 0 Å². The number of hydrogen-bond donors (Lipinski definition) is 0. The third-order valence-corrected chi connectivity index (χ3v) is 3.54. The molecule has 0 fully saturated rings. The zero-order valence-corrected chi connectivity index (χ0v) is 15.3. The summed E-state index contributed by atoms with van der Waals surface area (Å²) in [5.41, 5.74) is -0.212. The zero-order valence-electron chi connectivity index (χ0n) is 15.3. The summed E-state index contributed by atoms with van der Waals surface area (Å²) in [6.07, 6.45) is 8.52. The first-order valence-electron chi connectivity index (χ1n) is 8.91. The molecular weight excluding hydrogens is 280 g/mol. The Balaban J connectivity index is 3.52. The van der Waals surface area contributed by atoms with Gasteiger partial charge in [0.1, 0.15) is 0 Å². The third kappa shape index (κ3) is 13.1. The Morgan fingerprint density at radius 1 is 1.05 bits per heavy atom. The molecule has 4 nitrogen and oxygen atoms in total. The smallest absolute Gasteiger partial charge is 0.306 e. The summed E-state index contributed by atoms with van der Waals surface area (Å²) in [7, 11) is 0. The van der Waals surface area contributed by atoms with Crippen molar-refractivity contribution in [3.05, 3.63) is 0 Å². The summed E-state index contributed by atoms with van der Waals surface area (Å²) in [5, 5.41) is 0. The van der Waals surface area contributed by atoms with E-state index in [-0.39, 0.29) is 17.7 Å². The average Bonchev–Trinajstić information content (AvgIpc) is 2.42. The van der Waals surface area contributed by atoms with Gasteiger partial charge in [-0.25, -0.2) is 9.78 Å². The number of ether oxygens (including phenoxy) is 1. The Morgan fingerprint density at radius 3 is 2.41 bits per heavy atom. The predicted octanol–water partition coefficient (Wildman–Crippen LogP) is 5.20. The van der Waals surface area contributed by atoms with Crippen LogP contribution in [0.3, 0.4) is 0 Å². The van der Waals surface area contributed by atoms with E-state index in [9.17, 15) is 4.79 Å². The number of carbonyl (C=O) groups is 1. The Morgan fingerprint density at radius 2 is 1.77 bits per heavy atom. The summed E-state index contributed by atoms with van der Waals surface area (Å²) in [6.45, 7) is 10.9. The topological polar surface area (TPSA) is 44.8 Å². The Bertz CT molecular complexity index is 276. The second-order valence-electron chi connectivity index (χ2n) is 6.67. The maximum atomic E-state index is 11.6. The maximum Gasteiger partial charge on any atom is 0.306 e. The van der Waals surface area contributed by atoms with E-state index in [1.165, 1.54) is 0 Å². The van der Waals surface area contributed by atoms with Crippen molar-refractivity contribution in [3.63, 3.8) is 0 Å². The minimum Gasteiger partial charge on any atom is -0.463 e. The molecule has 132 valence electrons. The summed E-state index contributed by atoms with van der Waals surface area (Å²) < 4.78 is 5.38. The highest BCUT2D eigenvalue weighted by atomic mass is 17.2. The molecule has 0 aliphatic carbocycles. The molecule has 0 aromatic heterocycles. The molecule has 0 N–H and O–H groups in total. The van der Waals surface area contributed by atoms with Crippen molar-refractivity contribution in [3.8, 4) is 0 Å². The minimum atomic E-state index is -0.212. The number of esters is 1. The molecule has 0 saturated heterocycles. The van der Waals surface area contributed by atoms with Crippen molar-refractivity contribution in [1.29, 1.82) is 0 Å². The summed E-state index contributed by atoms with van der Waals surface area (Å²) in [5.74, 6) is -0.0677. The van der Waals surface area contributed by atoms with Gasteiger partial charge in [-0.3, -0.25) is 4.79 Å². The largest absolute Gasteiger partial charge is 0.463 e. The van der Waals surface area contributed by atoms with Crippen molar-refractivity contribution < 1.29 is 19.3 Å². The SMILES string of the molecule is CCCCCC(=O)OC(C)CCCCOOC(C)(C)CCC. The molecule has 0 amide bonds. The molecule has 0 aliphatic heterocycles. The molecule has 0 rings (SSSR count). The van der Waals surface area contributed by atoms with E-state index in [2.05, 4.69) is 13.8 Å². The fourth-order valence-corrected chi connectivity index (χ4v) is 2.30. The molecule has 0 radical (unpaired) electrons. The molecule has 0 aliphatic rings. The monoisotopic (exact) mass is 316 g/mol. The van der Waals surface area contributed by atoms with Gasteiger partial charge in [0.25, 0.3) is 0 Å². The van der Waals surface area contributed by atoms with Crippen LogP contribution < -0.4 is 0 Å². The molecule has 0 aromatic rings. The van der Waals surface area contributed by atoms with Crippen LogP contribution in [0.25, 0.3) is 0 Å². The second kappa shape index (κ2) is 12.9. The van der Waals surface area contributed by atoms with Gasteiger partial charge in [0.2, 0.25) is 0 Å². The molecular formula is C18H36O4. The highest BCUT2D eigenvalue weighted by Crippen LogP contribution is 2.17. The van der Waals surface area contributed by atoms with Gasteiger partial charge in [-0.2, -0.15) is 0 Å². The van der Waals surface area contributed by atoms with Gasteiger partial charge in [0.15, 0.2) is 0 Å². The number of rotatable bonds is 14. The fraction of sp³-hybridized carbons (Fsp3) is 0.944. The van der Waals surface area contributed by atoms with E-state index < -0.39 is 0 Å². The van der Waals surface area contributed by atoms with E-state index in [0.717, 1.165) is 51.4 Å². The van der Waals surface area contributed by atoms with Gasteiger partial charge in [-0.15, -0.1) is 0 Å². The zero-order chi connectivity index (χ0) is 16.8. The first-order valence-corrected chi connectivity index (χ1v) is 8.91. The lowest BCUT2D eigenvalue weighted by atomic mass is 10.0. The Labute approximate surface area is 136 Å². The lowest BCUT2D eigenvalue weighted by molar-refractivity contribution is -0.354. The van der Waals surface area contributed by atoms with Crippen LogP contribution in [0.4, 0.5) is 0 Å². The molecule has 0 spiro atoms. The molecule has 0 heterocycles. The van der Waals surface area contributed by atoms with Crippen LogP contribution in [0.15, 0.2) is 0 Å². The number of unbranched alkanes of at least 4 members (excludes halogenated alkanes) is 3. The fourth-order valence-electron chi connectivity index (χ4n) is 2.30. The average molecular weight is 316 g/mol. The van der Waals surface area contributed by atoms with E-state index in [1.807, 2.05) is 20.8 Å². The minimum absolute atomic E-state index is 0.00780. The standard InChI is InChI=1S/C18H36O4/c1-6-8-9-13-17(19)21-16(3)12-10-11-15-20-22-18(4,5)14-7-2/h16H,6-15H2,1-5H3. The first kappa shape index (κ1) is 21.4. The van der Waals surface area contributed by atoms with Crippen LogP contribution in [0.2, 0.25) is 0 Å². The van der Waals surface area contributed by atoms with Gasteiger partial charge in [-0.1, -0.05) is 33.1 Å². The molecule has 1 atom stereocenters. The van der Waals surface area contributed by atoms with Crippen molar-refractivity contribution in [2.45, 2.75) is 104 Å². The molecule has 1 unspecified atom stereocenters. The van der Waals surface area contributed by atoms with E-state index in [0.29, 0.717) is 13.0 Å². The van der Waals surface area contributed by atoms with Gasteiger partial charge in [0, 0.05) is 6.42 Å². The van der Waals surface area contributed by atoms with Crippen LogP contribution in [-0.4, -0.2) is 24.3 Å². The van der Waals surface area contributed by atoms with E-state index in [1.54, 1.807) is 0 Å². The molecule has 0 bridgehead atoms. The van der Waals surface area contributed by atoms with Gasteiger partial charge in [-0.05, 0) is 52.9 Å². The molecule has 0 saturated carbocycles. The second-order valence-corrected chi connectivity index (χ2v) is 6.67. The number of carbonyl (C=O) groups excluding carboxylic acids is 1. The molecule has 22 heavy (non-hydrogen) atoms. The Kier molecular flexibility index (Phi) is 12.5. The highest BCUT2D eigenvalue weighted by Gasteiger charge is 2.18. The van der Waals surface area contributed by atoms with Crippen molar-refractivity contribution >= 4 is 5.97 Å². The molecule has 0 aromatic carbocycles. The van der Waals surface area contributed by atoms with Crippen LogP contribution in [-0.2, 0) is 19.3 Å². The van der Waals surface area contributed by atoms with Gasteiger partial charge >= 0.3 is 5.97 Å². The molecule has 4 heteroatoms. The van der Waals surface area contributed by atoms with Crippen LogP contribution in [0.5, 0.6) is 0 Å². The van der Waals surface area contributed by atoms with E-state index >= 15 is 0 Å². The normalized spacial score (nSPS) is 13.1. The summed E-state index contributed by atoms with van der Waals surface area (Å²) in [4.78, 5) is 22.3. The predicted molar refractivity (Wildman–Crippen MR) is 89.6 cm³/mol. The van der Waals surface area contributed by atoms with Gasteiger partial charge < -0.3 is 4.74 Å². The first-order chi connectivity index (χ1) is 10.4. The highest BCUT2D eigenvalue weighted by molar-refractivity contribution is 5.69. The van der Waals surface area contributed by atoms with Crippen molar-refractivity contribution in [2.24, 2.45) is 0 Å². The van der Waals surface area contributed by atoms with Crippen LogP contribution in [0.1, 0.15) is 92.4 Å². The quantitative estimate of drug-likeness (QED) is 0.191. The van der Waals surface area contributed by atoms with Gasteiger partial charge in [0.05, 0.1) is 18.3 Å². The third-order valence-electron chi connectivity index (χ3n) is 3.54. The summed E-state index contributed by atoms with van der Waals surface area (Å²) in [6, 6.07) is 0. The van der Waals surface area contributed by atoms with E-state index in [4.69, 9.17) is 14.5 Å². The Hall–Kier alpha value is -0.610. The van der Waals surface area contributed by atoms with Crippen molar-refractivity contribution in [1.82, 2.24) is 0 Å². The lowest BCUT2D eigenvalue weighted by Gasteiger charge is -2.22. The number of hydrogen-bond acceptors (Lipinski definition) is 4. The van der Waals surface area contributed by atoms with Crippen molar-refractivity contribution in [2.75, 3.05) is 6.61 Å². The lowest BCUT2D eigenvalue weighted by Crippen LogP contribution is -2.24. The summed E-state index contributed by atoms with van der Waals surface area (Å²) >= 11 is 0. The van der Waals surface area contributed by atoms with Crippen LogP contribution >= 0.6 is 0 Å². The maximum absolute atomic E-state index is 11.6.